The van der Waals surface area contributed by atoms with Gasteiger partial charge in [-0.1, -0.05) is 24.3 Å². The molecule has 146 valence electrons. The number of likely N-dealkylation sites (tertiary alicyclic amines) is 1. The fraction of sp³-hybridized carbons (Fsp3) is 0.435. The van der Waals surface area contributed by atoms with Crippen LogP contribution in [0.25, 0.3) is 0 Å². The van der Waals surface area contributed by atoms with Gasteiger partial charge >= 0.3 is 0 Å². The minimum atomic E-state index is 0.0860. The van der Waals surface area contributed by atoms with E-state index in [0.29, 0.717) is 12.0 Å². The summed E-state index contributed by atoms with van der Waals surface area (Å²) >= 11 is 0. The van der Waals surface area contributed by atoms with Gasteiger partial charge in [0.05, 0.1) is 0 Å². The maximum atomic E-state index is 12.8. The van der Waals surface area contributed by atoms with Gasteiger partial charge in [0.2, 0.25) is 5.91 Å². The van der Waals surface area contributed by atoms with Crippen molar-refractivity contribution in [3.05, 3.63) is 65.5 Å². The zero-order valence-electron chi connectivity index (χ0n) is 16.6. The van der Waals surface area contributed by atoms with Crippen LogP contribution in [0.15, 0.2) is 48.8 Å². The zero-order chi connectivity index (χ0) is 19.7. The first kappa shape index (κ1) is 18.7. The Labute approximate surface area is 166 Å². The van der Waals surface area contributed by atoms with Crippen LogP contribution in [0.5, 0.6) is 0 Å². The molecule has 1 spiro atoms. The lowest BCUT2D eigenvalue weighted by Crippen LogP contribution is -2.44. The average molecular weight is 377 g/mol. The van der Waals surface area contributed by atoms with E-state index in [2.05, 4.69) is 29.2 Å². The van der Waals surface area contributed by atoms with Crippen LogP contribution in [0.3, 0.4) is 0 Å². The third-order valence-electron chi connectivity index (χ3n) is 6.46. The minimum Gasteiger partial charge on any atom is -0.349 e. The third-order valence-corrected chi connectivity index (χ3v) is 6.46. The van der Waals surface area contributed by atoms with Crippen LogP contribution in [-0.4, -0.2) is 53.8 Å². The minimum absolute atomic E-state index is 0.0860. The van der Waals surface area contributed by atoms with E-state index >= 15 is 0 Å². The van der Waals surface area contributed by atoms with Crippen molar-refractivity contribution in [3.63, 3.8) is 0 Å². The van der Waals surface area contributed by atoms with Crippen molar-refractivity contribution in [3.8, 4) is 0 Å². The smallest absolute Gasteiger partial charge is 0.253 e. The van der Waals surface area contributed by atoms with Crippen LogP contribution in [0.4, 0.5) is 0 Å². The Morgan fingerprint density at radius 2 is 1.79 bits per heavy atom. The number of rotatable bonds is 3. The molecule has 1 saturated heterocycles. The summed E-state index contributed by atoms with van der Waals surface area (Å²) in [5.41, 5.74) is 3.50. The summed E-state index contributed by atoms with van der Waals surface area (Å²) in [5, 5.41) is 0. The number of aromatic nitrogens is 1. The number of pyridine rings is 1. The van der Waals surface area contributed by atoms with Crippen molar-refractivity contribution in [2.45, 2.75) is 37.0 Å². The number of fused-ring (bicyclic) bond motifs is 2. The first-order valence-corrected chi connectivity index (χ1v) is 9.99. The molecule has 28 heavy (non-hydrogen) atoms. The molecule has 1 aromatic carbocycles. The van der Waals surface area contributed by atoms with Gasteiger partial charge in [-0.15, -0.1) is 0 Å². The number of piperidine rings is 1. The van der Waals surface area contributed by atoms with Gasteiger partial charge in [0.1, 0.15) is 0 Å². The van der Waals surface area contributed by atoms with E-state index in [0.717, 1.165) is 32.4 Å². The van der Waals surface area contributed by atoms with Gasteiger partial charge in [0.25, 0.3) is 5.91 Å². The molecule has 4 rings (SSSR count). The number of hydrogen-bond acceptors (Lipinski definition) is 3. The SMILES string of the molecule is CN(C)C(=O)C[C@@H]1CC2(CCN(C(=O)c3ccncc3)CC2)c2ccccc21. The highest BCUT2D eigenvalue weighted by molar-refractivity contribution is 5.94. The Morgan fingerprint density at radius 1 is 1.11 bits per heavy atom. The molecule has 2 aromatic rings. The summed E-state index contributed by atoms with van der Waals surface area (Å²) < 4.78 is 0. The van der Waals surface area contributed by atoms with E-state index in [1.54, 1.807) is 29.4 Å². The number of amides is 2. The largest absolute Gasteiger partial charge is 0.349 e. The van der Waals surface area contributed by atoms with Gasteiger partial charge in [-0.2, -0.15) is 0 Å². The first-order valence-electron chi connectivity index (χ1n) is 9.99. The quantitative estimate of drug-likeness (QED) is 0.825. The van der Waals surface area contributed by atoms with E-state index in [-0.39, 0.29) is 23.1 Å². The second-order valence-corrected chi connectivity index (χ2v) is 8.29. The maximum absolute atomic E-state index is 12.8. The van der Waals surface area contributed by atoms with Crippen molar-refractivity contribution in [1.82, 2.24) is 14.8 Å². The van der Waals surface area contributed by atoms with E-state index in [9.17, 15) is 9.59 Å². The maximum Gasteiger partial charge on any atom is 0.253 e. The summed E-state index contributed by atoms with van der Waals surface area (Å²) in [7, 11) is 3.64. The lowest BCUT2D eigenvalue weighted by Gasteiger charge is -2.40. The fourth-order valence-electron chi connectivity index (χ4n) is 4.89. The summed E-state index contributed by atoms with van der Waals surface area (Å²) in [4.78, 5) is 32.8. The summed E-state index contributed by atoms with van der Waals surface area (Å²) in [6.07, 6.45) is 6.80. The molecule has 0 bridgehead atoms. The summed E-state index contributed by atoms with van der Waals surface area (Å²) in [6, 6.07) is 12.2. The van der Waals surface area contributed by atoms with Gasteiger partial charge < -0.3 is 9.80 Å². The Hall–Kier alpha value is -2.69. The molecule has 1 atom stereocenters. The second-order valence-electron chi connectivity index (χ2n) is 8.29. The van der Waals surface area contributed by atoms with Gasteiger partial charge in [-0.25, -0.2) is 0 Å². The number of hydrogen-bond donors (Lipinski definition) is 0. The molecule has 5 nitrogen and oxygen atoms in total. The van der Waals surface area contributed by atoms with Gasteiger partial charge in [-0.05, 0) is 53.9 Å². The van der Waals surface area contributed by atoms with Gasteiger partial charge in [0.15, 0.2) is 0 Å². The molecule has 1 aliphatic carbocycles. The molecule has 0 N–H and O–H groups in total. The summed E-state index contributed by atoms with van der Waals surface area (Å²) in [6.45, 7) is 1.51. The highest BCUT2D eigenvalue weighted by atomic mass is 16.2. The lowest BCUT2D eigenvalue weighted by molar-refractivity contribution is -0.129. The first-order chi connectivity index (χ1) is 13.5. The fourth-order valence-corrected chi connectivity index (χ4v) is 4.89. The van der Waals surface area contributed by atoms with Gasteiger partial charge in [-0.3, -0.25) is 14.6 Å². The third kappa shape index (κ3) is 3.30. The zero-order valence-corrected chi connectivity index (χ0v) is 16.6. The Kier molecular flexibility index (Phi) is 4.92. The van der Waals surface area contributed by atoms with E-state index in [1.165, 1.54) is 11.1 Å². The van der Waals surface area contributed by atoms with Crippen molar-refractivity contribution in [1.29, 1.82) is 0 Å². The van der Waals surface area contributed by atoms with Crippen LogP contribution < -0.4 is 0 Å². The molecule has 0 unspecified atom stereocenters. The monoisotopic (exact) mass is 377 g/mol. The number of carbonyl (C=O) groups excluding carboxylic acids is 2. The van der Waals surface area contributed by atoms with Crippen LogP contribution >= 0.6 is 0 Å². The highest BCUT2D eigenvalue weighted by Gasteiger charge is 2.46. The van der Waals surface area contributed by atoms with Crippen LogP contribution in [-0.2, 0) is 10.2 Å². The molecule has 0 saturated carbocycles. The molecule has 1 fully saturated rings. The molecule has 2 aliphatic rings. The predicted molar refractivity (Wildman–Crippen MR) is 108 cm³/mol. The number of benzene rings is 1. The molecule has 1 aromatic heterocycles. The number of carbonyl (C=O) groups is 2. The van der Waals surface area contributed by atoms with Gasteiger partial charge in [0, 0.05) is 51.6 Å². The predicted octanol–water partition coefficient (Wildman–Crippen LogP) is 3.22. The lowest BCUT2D eigenvalue weighted by atomic mass is 9.73. The molecular weight excluding hydrogens is 350 g/mol. The Bertz CT molecular complexity index is 870. The van der Waals surface area contributed by atoms with Crippen LogP contribution in [0.2, 0.25) is 0 Å². The van der Waals surface area contributed by atoms with E-state index in [4.69, 9.17) is 0 Å². The van der Waals surface area contributed by atoms with Crippen LogP contribution in [0.1, 0.15) is 53.1 Å². The van der Waals surface area contributed by atoms with Crippen molar-refractivity contribution in [2.24, 2.45) is 0 Å². The number of nitrogens with zero attached hydrogens (tertiary/aromatic N) is 3. The van der Waals surface area contributed by atoms with Crippen molar-refractivity contribution < 1.29 is 9.59 Å². The Morgan fingerprint density at radius 3 is 2.46 bits per heavy atom. The van der Waals surface area contributed by atoms with E-state index < -0.39 is 0 Å². The molecule has 2 heterocycles. The standard InChI is InChI=1S/C23H27N3O2/c1-25(2)21(27)15-18-16-23(20-6-4-3-5-19(18)20)9-13-26(14-10-23)22(28)17-7-11-24-12-8-17/h3-8,11-12,18H,9-10,13-16H2,1-2H3/t18-/m1/s1. The normalized spacial score (nSPS) is 20.1. The topological polar surface area (TPSA) is 53.5 Å². The Balaban J connectivity index is 1.52. The second kappa shape index (κ2) is 7.38. The molecule has 2 amide bonds. The van der Waals surface area contributed by atoms with E-state index in [1.807, 2.05) is 19.0 Å². The van der Waals surface area contributed by atoms with Crippen molar-refractivity contribution in [2.75, 3.05) is 27.2 Å². The average Bonchev–Trinajstić information content (AvgIpc) is 3.02. The molecule has 5 heteroatoms. The van der Waals surface area contributed by atoms with Crippen LogP contribution in [0, 0.1) is 0 Å². The molecule has 1 aliphatic heterocycles. The molecule has 0 radical (unpaired) electrons. The summed E-state index contributed by atoms with van der Waals surface area (Å²) in [5.74, 6) is 0.540. The highest BCUT2D eigenvalue weighted by Crippen LogP contribution is 2.52. The van der Waals surface area contributed by atoms with Crippen molar-refractivity contribution >= 4 is 11.8 Å². The molecular formula is C23H27N3O2.